The molecule has 2 unspecified atom stereocenters. The zero-order valence-corrected chi connectivity index (χ0v) is 11.0. The Balaban J connectivity index is 2.49. The maximum Gasteiger partial charge on any atom is 0.323 e. The Labute approximate surface area is 107 Å². The fourth-order valence-corrected chi connectivity index (χ4v) is 2.23. The summed E-state index contributed by atoms with van der Waals surface area (Å²) in [4.78, 5) is 24.0. The van der Waals surface area contributed by atoms with E-state index in [2.05, 4.69) is 12.2 Å². The Kier molecular flexibility index (Phi) is 5.91. The molecule has 2 amide bonds. The highest BCUT2D eigenvalue weighted by Crippen LogP contribution is 2.24. The molecule has 1 aliphatic carbocycles. The van der Waals surface area contributed by atoms with Crippen LogP contribution in [-0.4, -0.2) is 54.9 Å². The van der Waals surface area contributed by atoms with Gasteiger partial charge in [0.2, 0.25) is 0 Å². The van der Waals surface area contributed by atoms with Gasteiger partial charge in [0.25, 0.3) is 0 Å². The number of urea groups is 1. The number of methoxy groups -OCH3 is 1. The van der Waals surface area contributed by atoms with Crippen LogP contribution in [0.1, 0.15) is 26.2 Å². The minimum Gasteiger partial charge on any atom is -0.480 e. The van der Waals surface area contributed by atoms with Crippen LogP contribution < -0.4 is 5.32 Å². The van der Waals surface area contributed by atoms with E-state index in [4.69, 9.17) is 9.84 Å². The van der Waals surface area contributed by atoms with E-state index in [1.54, 1.807) is 0 Å². The van der Waals surface area contributed by atoms with Crippen LogP contribution in [0, 0.1) is 5.92 Å². The van der Waals surface area contributed by atoms with Gasteiger partial charge in [0, 0.05) is 19.7 Å². The van der Waals surface area contributed by atoms with Gasteiger partial charge in [-0.1, -0.05) is 13.3 Å². The van der Waals surface area contributed by atoms with Crippen molar-refractivity contribution >= 4 is 12.0 Å². The van der Waals surface area contributed by atoms with Crippen LogP contribution in [0.15, 0.2) is 0 Å². The Morgan fingerprint density at radius 3 is 2.67 bits per heavy atom. The molecule has 2 N–H and O–H groups in total. The molecule has 6 heteroatoms. The predicted molar refractivity (Wildman–Crippen MR) is 66.4 cm³/mol. The molecule has 0 bridgehead atoms. The number of carboxylic acid groups (broad SMARTS) is 1. The first-order valence-corrected chi connectivity index (χ1v) is 6.30. The molecule has 2 atom stereocenters. The second kappa shape index (κ2) is 7.20. The van der Waals surface area contributed by atoms with Gasteiger partial charge in [0.1, 0.15) is 6.54 Å². The first-order valence-electron chi connectivity index (χ1n) is 6.30. The molecule has 1 aliphatic rings. The van der Waals surface area contributed by atoms with Crippen LogP contribution in [0.2, 0.25) is 0 Å². The van der Waals surface area contributed by atoms with E-state index in [-0.39, 0.29) is 25.2 Å². The van der Waals surface area contributed by atoms with Gasteiger partial charge < -0.3 is 20.1 Å². The third-order valence-electron chi connectivity index (χ3n) is 3.35. The number of amides is 2. The quantitative estimate of drug-likeness (QED) is 0.742. The van der Waals surface area contributed by atoms with E-state index < -0.39 is 5.97 Å². The minimum atomic E-state index is -1.01. The van der Waals surface area contributed by atoms with Crippen molar-refractivity contribution in [1.29, 1.82) is 0 Å². The summed E-state index contributed by atoms with van der Waals surface area (Å²) < 4.78 is 4.88. The van der Waals surface area contributed by atoms with Gasteiger partial charge in [0.15, 0.2) is 0 Å². The topological polar surface area (TPSA) is 78.9 Å². The fraction of sp³-hybridized carbons (Fsp3) is 0.833. The Bertz CT molecular complexity index is 296. The molecule has 0 spiro atoms. The summed E-state index contributed by atoms with van der Waals surface area (Å²) in [5, 5.41) is 11.7. The standard InChI is InChI=1S/C12H22N2O4/c1-9-4-3-5-10(9)13-12(17)14(6-7-18-2)8-11(15)16/h9-10H,3-8H2,1-2H3,(H,13,17)(H,15,16). The van der Waals surface area contributed by atoms with Crippen molar-refractivity contribution in [2.24, 2.45) is 5.92 Å². The minimum absolute atomic E-state index is 0.163. The summed E-state index contributed by atoms with van der Waals surface area (Å²) in [6, 6.07) is -0.149. The second-order valence-electron chi connectivity index (χ2n) is 4.77. The average Bonchev–Trinajstić information content (AvgIpc) is 2.70. The zero-order chi connectivity index (χ0) is 13.5. The summed E-state index contributed by atoms with van der Waals surface area (Å²) in [7, 11) is 1.52. The van der Waals surface area contributed by atoms with Gasteiger partial charge in [0.05, 0.1) is 6.61 Å². The van der Waals surface area contributed by atoms with Crippen molar-refractivity contribution < 1.29 is 19.4 Å². The maximum absolute atomic E-state index is 12.0. The Morgan fingerprint density at radius 1 is 1.44 bits per heavy atom. The number of hydrogen-bond acceptors (Lipinski definition) is 3. The van der Waals surface area contributed by atoms with Crippen LogP contribution in [0.25, 0.3) is 0 Å². The first kappa shape index (κ1) is 14.8. The number of nitrogens with one attached hydrogen (secondary N) is 1. The van der Waals surface area contributed by atoms with Crippen LogP contribution >= 0.6 is 0 Å². The van der Waals surface area contributed by atoms with Gasteiger partial charge in [-0.25, -0.2) is 4.79 Å². The molecule has 18 heavy (non-hydrogen) atoms. The molecule has 6 nitrogen and oxygen atoms in total. The number of hydrogen-bond donors (Lipinski definition) is 2. The van der Waals surface area contributed by atoms with Gasteiger partial charge >= 0.3 is 12.0 Å². The molecule has 1 rings (SSSR count). The van der Waals surface area contributed by atoms with Gasteiger partial charge in [-0.3, -0.25) is 4.79 Å². The summed E-state index contributed by atoms with van der Waals surface area (Å²) in [5.41, 5.74) is 0. The van der Waals surface area contributed by atoms with Crippen molar-refractivity contribution in [2.75, 3.05) is 26.8 Å². The van der Waals surface area contributed by atoms with E-state index in [9.17, 15) is 9.59 Å². The molecular formula is C12H22N2O4. The van der Waals surface area contributed by atoms with Gasteiger partial charge in [-0.15, -0.1) is 0 Å². The van der Waals surface area contributed by atoms with E-state index in [0.29, 0.717) is 12.5 Å². The van der Waals surface area contributed by atoms with E-state index in [0.717, 1.165) is 19.3 Å². The lowest BCUT2D eigenvalue weighted by atomic mass is 10.1. The molecule has 0 radical (unpaired) electrons. The third-order valence-corrected chi connectivity index (χ3v) is 3.35. The Hall–Kier alpha value is -1.30. The predicted octanol–water partition coefficient (Wildman–Crippen LogP) is 0.918. The highest BCUT2D eigenvalue weighted by molar-refractivity contribution is 5.80. The molecule has 0 aromatic rings. The van der Waals surface area contributed by atoms with Crippen LogP contribution in [0.3, 0.4) is 0 Å². The zero-order valence-electron chi connectivity index (χ0n) is 11.0. The van der Waals surface area contributed by atoms with E-state index in [1.165, 1.54) is 12.0 Å². The number of ether oxygens (including phenoxy) is 1. The summed E-state index contributed by atoms with van der Waals surface area (Å²) >= 11 is 0. The molecular weight excluding hydrogens is 236 g/mol. The Morgan fingerprint density at radius 2 is 2.17 bits per heavy atom. The summed E-state index contributed by atoms with van der Waals surface area (Å²) in [6.45, 7) is 2.43. The van der Waals surface area contributed by atoms with Crippen molar-refractivity contribution in [1.82, 2.24) is 10.2 Å². The highest BCUT2D eigenvalue weighted by Gasteiger charge is 2.27. The van der Waals surface area contributed by atoms with Crippen LogP contribution in [0.5, 0.6) is 0 Å². The molecule has 1 saturated carbocycles. The number of aliphatic carboxylic acids is 1. The first-order chi connectivity index (χ1) is 8.54. The molecule has 1 fully saturated rings. The molecule has 0 aromatic heterocycles. The molecule has 104 valence electrons. The lowest BCUT2D eigenvalue weighted by Gasteiger charge is -2.25. The fourth-order valence-electron chi connectivity index (χ4n) is 2.23. The van der Waals surface area contributed by atoms with Gasteiger partial charge in [-0.2, -0.15) is 0 Å². The van der Waals surface area contributed by atoms with Crippen LogP contribution in [-0.2, 0) is 9.53 Å². The van der Waals surface area contributed by atoms with Crippen molar-refractivity contribution in [3.8, 4) is 0 Å². The van der Waals surface area contributed by atoms with Gasteiger partial charge in [-0.05, 0) is 18.8 Å². The maximum atomic E-state index is 12.0. The molecule has 0 aliphatic heterocycles. The van der Waals surface area contributed by atoms with Crippen LogP contribution in [0.4, 0.5) is 4.79 Å². The number of carbonyl (C=O) groups excluding carboxylic acids is 1. The number of carboxylic acids is 1. The van der Waals surface area contributed by atoms with E-state index >= 15 is 0 Å². The normalized spacial score (nSPS) is 22.8. The number of nitrogens with zero attached hydrogens (tertiary/aromatic N) is 1. The van der Waals surface area contributed by atoms with E-state index in [1.807, 2.05) is 0 Å². The summed E-state index contributed by atoms with van der Waals surface area (Å²) in [5.74, 6) is -0.552. The monoisotopic (exact) mass is 258 g/mol. The largest absolute Gasteiger partial charge is 0.480 e. The second-order valence-corrected chi connectivity index (χ2v) is 4.77. The highest BCUT2D eigenvalue weighted by atomic mass is 16.5. The lowest BCUT2D eigenvalue weighted by molar-refractivity contribution is -0.137. The molecule has 0 aromatic carbocycles. The summed E-state index contributed by atoms with van der Waals surface area (Å²) in [6.07, 6.45) is 3.20. The van der Waals surface area contributed by atoms with Crippen molar-refractivity contribution in [3.63, 3.8) is 0 Å². The SMILES string of the molecule is COCCN(CC(=O)O)C(=O)NC1CCCC1C. The lowest BCUT2D eigenvalue weighted by Crippen LogP contribution is -2.48. The smallest absolute Gasteiger partial charge is 0.323 e. The van der Waals surface area contributed by atoms with Crippen molar-refractivity contribution in [2.45, 2.75) is 32.2 Å². The number of carbonyl (C=O) groups is 2. The average molecular weight is 258 g/mol. The molecule has 0 saturated heterocycles. The third kappa shape index (κ3) is 4.52. The van der Waals surface area contributed by atoms with Crippen molar-refractivity contribution in [3.05, 3.63) is 0 Å². The molecule has 0 heterocycles. The number of rotatable bonds is 6.